The number of hydrogen-bond acceptors (Lipinski definition) is 3. The molecule has 0 saturated heterocycles. The maximum Gasteiger partial charge on any atom is 0.338 e. The molecule has 0 saturated carbocycles. The minimum absolute atomic E-state index is 0.158. The lowest BCUT2D eigenvalue weighted by Gasteiger charge is -2.22. The second-order valence-corrected chi connectivity index (χ2v) is 5.89. The predicted octanol–water partition coefficient (Wildman–Crippen LogP) is 4.72. The SMILES string of the molecule is CCOC(=O)c1ccc(N(Cc2c(Cl)cccc2Cl)C(C)=O)cc1. The van der Waals surface area contributed by atoms with E-state index in [2.05, 4.69) is 0 Å². The number of nitrogens with zero attached hydrogens (tertiary/aromatic N) is 1. The van der Waals surface area contributed by atoms with Gasteiger partial charge in [0.25, 0.3) is 0 Å². The number of rotatable bonds is 5. The van der Waals surface area contributed by atoms with Crippen molar-refractivity contribution in [3.63, 3.8) is 0 Å². The second-order valence-electron chi connectivity index (χ2n) is 5.07. The van der Waals surface area contributed by atoms with Crippen LogP contribution in [-0.2, 0) is 16.1 Å². The molecule has 4 nitrogen and oxygen atoms in total. The summed E-state index contributed by atoms with van der Waals surface area (Å²) in [5, 5.41) is 0.994. The summed E-state index contributed by atoms with van der Waals surface area (Å²) < 4.78 is 4.95. The molecule has 126 valence electrons. The summed E-state index contributed by atoms with van der Waals surface area (Å²) in [7, 11) is 0. The van der Waals surface area contributed by atoms with E-state index in [0.29, 0.717) is 33.5 Å². The minimum atomic E-state index is -0.396. The second kappa shape index (κ2) is 8.18. The Morgan fingerprint density at radius 1 is 1.04 bits per heavy atom. The standard InChI is InChI=1S/C18H17Cl2NO3/c1-3-24-18(23)13-7-9-14(10-8-13)21(12(2)22)11-15-16(19)5-4-6-17(15)20/h4-10H,3,11H2,1-2H3. The average Bonchev–Trinajstić information content (AvgIpc) is 2.55. The fourth-order valence-electron chi connectivity index (χ4n) is 2.22. The molecular formula is C18H17Cl2NO3. The van der Waals surface area contributed by atoms with Crippen LogP contribution >= 0.6 is 23.2 Å². The van der Waals surface area contributed by atoms with Crippen molar-refractivity contribution in [2.75, 3.05) is 11.5 Å². The van der Waals surface area contributed by atoms with E-state index in [0.717, 1.165) is 0 Å². The van der Waals surface area contributed by atoms with E-state index in [1.807, 2.05) is 0 Å². The first kappa shape index (κ1) is 18.3. The van der Waals surface area contributed by atoms with E-state index in [9.17, 15) is 9.59 Å². The summed E-state index contributed by atoms with van der Waals surface area (Å²) in [4.78, 5) is 25.3. The van der Waals surface area contributed by atoms with Crippen LogP contribution in [0.25, 0.3) is 0 Å². The Hall–Kier alpha value is -2.04. The zero-order chi connectivity index (χ0) is 17.7. The van der Waals surface area contributed by atoms with Crippen molar-refractivity contribution in [3.05, 3.63) is 63.6 Å². The third-order valence-electron chi connectivity index (χ3n) is 3.45. The molecule has 6 heteroatoms. The molecule has 0 aliphatic carbocycles. The Kier molecular flexibility index (Phi) is 6.23. The molecular weight excluding hydrogens is 349 g/mol. The van der Waals surface area contributed by atoms with Gasteiger partial charge in [0, 0.05) is 28.2 Å². The van der Waals surface area contributed by atoms with E-state index in [4.69, 9.17) is 27.9 Å². The lowest BCUT2D eigenvalue weighted by molar-refractivity contribution is -0.116. The Bertz CT molecular complexity index is 724. The molecule has 0 spiro atoms. The van der Waals surface area contributed by atoms with Gasteiger partial charge >= 0.3 is 5.97 Å². The normalized spacial score (nSPS) is 10.3. The van der Waals surface area contributed by atoms with Crippen molar-refractivity contribution in [3.8, 4) is 0 Å². The largest absolute Gasteiger partial charge is 0.462 e. The monoisotopic (exact) mass is 365 g/mol. The number of esters is 1. The van der Waals surface area contributed by atoms with Crippen molar-refractivity contribution < 1.29 is 14.3 Å². The number of carbonyl (C=O) groups is 2. The van der Waals surface area contributed by atoms with E-state index < -0.39 is 5.97 Å². The van der Waals surface area contributed by atoms with Crippen LogP contribution in [0.5, 0.6) is 0 Å². The molecule has 0 unspecified atom stereocenters. The van der Waals surface area contributed by atoms with Crippen LogP contribution in [-0.4, -0.2) is 18.5 Å². The Morgan fingerprint density at radius 2 is 1.62 bits per heavy atom. The van der Waals surface area contributed by atoms with Crippen LogP contribution in [0.1, 0.15) is 29.8 Å². The fraction of sp³-hybridized carbons (Fsp3) is 0.222. The Morgan fingerprint density at radius 3 is 2.12 bits per heavy atom. The molecule has 0 radical (unpaired) electrons. The molecule has 1 amide bonds. The molecule has 0 aliphatic rings. The Balaban J connectivity index is 2.28. The van der Waals surface area contributed by atoms with Crippen LogP contribution in [0.15, 0.2) is 42.5 Å². The number of halogens is 2. The van der Waals surface area contributed by atoms with Crippen molar-refractivity contribution in [2.45, 2.75) is 20.4 Å². The van der Waals surface area contributed by atoms with Gasteiger partial charge in [-0.2, -0.15) is 0 Å². The molecule has 0 aliphatic heterocycles. The number of hydrogen-bond donors (Lipinski definition) is 0. The van der Waals surface area contributed by atoms with Gasteiger partial charge in [-0.1, -0.05) is 29.3 Å². The molecule has 0 aromatic heterocycles. The molecule has 0 heterocycles. The molecule has 2 aromatic rings. The lowest BCUT2D eigenvalue weighted by Crippen LogP contribution is -2.28. The van der Waals surface area contributed by atoms with Crippen molar-refractivity contribution in [1.82, 2.24) is 0 Å². The zero-order valence-electron chi connectivity index (χ0n) is 13.4. The number of anilines is 1. The number of benzene rings is 2. The van der Waals surface area contributed by atoms with E-state index in [1.165, 1.54) is 6.92 Å². The van der Waals surface area contributed by atoms with E-state index in [-0.39, 0.29) is 12.5 Å². The van der Waals surface area contributed by atoms with Gasteiger partial charge in [-0.25, -0.2) is 4.79 Å². The number of ether oxygens (including phenoxy) is 1. The zero-order valence-corrected chi connectivity index (χ0v) is 14.9. The third kappa shape index (κ3) is 4.28. The predicted molar refractivity (Wildman–Crippen MR) is 95.7 cm³/mol. The summed E-state index contributed by atoms with van der Waals surface area (Å²) in [6, 6.07) is 11.8. The summed E-state index contributed by atoms with van der Waals surface area (Å²) in [5.41, 5.74) is 1.75. The molecule has 0 bridgehead atoms. The van der Waals surface area contributed by atoms with Crippen molar-refractivity contribution in [1.29, 1.82) is 0 Å². The molecule has 2 rings (SSSR count). The summed E-state index contributed by atoms with van der Waals surface area (Å²) in [5.74, 6) is -0.553. The first-order chi connectivity index (χ1) is 11.4. The van der Waals surface area contributed by atoms with Gasteiger partial charge in [0.2, 0.25) is 5.91 Å². The van der Waals surface area contributed by atoms with Gasteiger partial charge in [0.15, 0.2) is 0 Å². The van der Waals surface area contributed by atoms with Gasteiger partial charge in [-0.15, -0.1) is 0 Å². The maximum atomic E-state index is 12.0. The number of amides is 1. The quantitative estimate of drug-likeness (QED) is 0.719. The fourth-order valence-corrected chi connectivity index (χ4v) is 2.73. The first-order valence-corrected chi connectivity index (χ1v) is 8.17. The highest BCUT2D eigenvalue weighted by atomic mass is 35.5. The van der Waals surface area contributed by atoms with Gasteiger partial charge in [-0.3, -0.25) is 4.79 Å². The third-order valence-corrected chi connectivity index (χ3v) is 4.16. The summed E-state index contributed by atoms with van der Waals surface area (Å²) in [6.07, 6.45) is 0. The van der Waals surface area contributed by atoms with E-state index in [1.54, 1.807) is 54.3 Å². The van der Waals surface area contributed by atoms with Crippen LogP contribution in [0, 0.1) is 0 Å². The summed E-state index contributed by atoms with van der Waals surface area (Å²) in [6.45, 7) is 3.76. The van der Waals surface area contributed by atoms with Crippen LogP contribution in [0.2, 0.25) is 10.0 Å². The molecule has 0 fully saturated rings. The van der Waals surface area contributed by atoms with Crippen LogP contribution in [0.4, 0.5) is 5.69 Å². The van der Waals surface area contributed by atoms with Crippen LogP contribution in [0.3, 0.4) is 0 Å². The van der Waals surface area contributed by atoms with Crippen molar-refractivity contribution >= 4 is 40.8 Å². The highest BCUT2D eigenvalue weighted by molar-refractivity contribution is 6.36. The van der Waals surface area contributed by atoms with Gasteiger partial charge < -0.3 is 9.64 Å². The van der Waals surface area contributed by atoms with Gasteiger partial charge in [0.1, 0.15) is 0 Å². The number of carbonyl (C=O) groups excluding carboxylic acids is 2. The maximum absolute atomic E-state index is 12.0. The molecule has 0 N–H and O–H groups in total. The molecule has 24 heavy (non-hydrogen) atoms. The van der Waals surface area contributed by atoms with Gasteiger partial charge in [-0.05, 0) is 43.3 Å². The lowest BCUT2D eigenvalue weighted by atomic mass is 10.1. The molecule has 2 aromatic carbocycles. The highest BCUT2D eigenvalue weighted by Gasteiger charge is 2.17. The molecule has 0 atom stereocenters. The van der Waals surface area contributed by atoms with Crippen molar-refractivity contribution in [2.24, 2.45) is 0 Å². The van der Waals surface area contributed by atoms with Gasteiger partial charge in [0.05, 0.1) is 18.7 Å². The minimum Gasteiger partial charge on any atom is -0.462 e. The topological polar surface area (TPSA) is 46.6 Å². The first-order valence-electron chi connectivity index (χ1n) is 7.42. The smallest absolute Gasteiger partial charge is 0.338 e. The highest BCUT2D eigenvalue weighted by Crippen LogP contribution is 2.28. The van der Waals surface area contributed by atoms with Crippen LogP contribution < -0.4 is 4.90 Å². The average molecular weight is 366 g/mol. The summed E-state index contributed by atoms with van der Waals surface area (Å²) >= 11 is 12.4. The van der Waals surface area contributed by atoms with E-state index >= 15 is 0 Å². The Labute approximate surface area is 150 Å².